The van der Waals surface area contributed by atoms with Crippen LogP contribution in [0.25, 0.3) is 0 Å². The minimum atomic E-state index is -1.10. The summed E-state index contributed by atoms with van der Waals surface area (Å²) in [4.78, 5) is 26.0. The average Bonchev–Trinajstić information content (AvgIpc) is 3.03. The van der Waals surface area contributed by atoms with Crippen LogP contribution in [-0.2, 0) is 9.53 Å². The molecule has 0 saturated carbocycles. The molecule has 1 saturated heterocycles. The minimum Gasteiger partial charge on any atom is -0.479 e. The topological polar surface area (TPSA) is 87.1 Å². The van der Waals surface area contributed by atoms with Gasteiger partial charge in [0.1, 0.15) is 11.1 Å². The van der Waals surface area contributed by atoms with E-state index in [1.165, 1.54) is 37.0 Å². The van der Waals surface area contributed by atoms with E-state index in [1.54, 1.807) is 20.8 Å². The van der Waals surface area contributed by atoms with E-state index in [4.69, 9.17) is 9.84 Å². The zero-order valence-corrected chi connectivity index (χ0v) is 18.2. The highest BCUT2D eigenvalue weighted by Gasteiger charge is 2.50. The number of aliphatic hydroxyl groups is 1. The van der Waals surface area contributed by atoms with E-state index in [2.05, 4.69) is 0 Å². The number of carbonyl (C=O) groups is 2. The van der Waals surface area contributed by atoms with Gasteiger partial charge in [-0.25, -0.2) is 9.59 Å². The first-order valence-corrected chi connectivity index (χ1v) is 11.1. The fourth-order valence-electron chi connectivity index (χ4n) is 3.99. The predicted molar refractivity (Wildman–Crippen MR) is 110 cm³/mol. The molecule has 1 amide bonds. The van der Waals surface area contributed by atoms with Crippen molar-refractivity contribution >= 4 is 12.1 Å². The Morgan fingerprint density at radius 2 is 1.43 bits per heavy atom. The van der Waals surface area contributed by atoms with E-state index in [1.807, 2.05) is 0 Å². The lowest BCUT2D eigenvalue weighted by atomic mass is 9.89. The first-order valence-electron chi connectivity index (χ1n) is 11.1. The van der Waals surface area contributed by atoms with Crippen LogP contribution < -0.4 is 0 Å². The molecule has 0 aliphatic carbocycles. The fourth-order valence-corrected chi connectivity index (χ4v) is 3.99. The van der Waals surface area contributed by atoms with Gasteiger partial charge in [-0.1, -0.05) is 57.8 Å². The molecule has 1 aliphatic rings. The lowest BCUT2D eigenvalue weighted by Crippen LogP contribution is -2.54. The molecule has 0 spiro atoms. The smallest absolute Gasteiger partial charge is 0.411 e. The maximum Gasteiger partial charge on any atom is 0.411 e. The average molecular weight is 400 g/mol. The number of hydrogen-bond donors (Lipinski definition) is 2. The van der Waals surface area contributed by atoms with E-state index >= 15 is 0 Å². The number of rotatable bonds is 13. The Morgan fingerprint density at radius 1 is 0.929 bits per heavy atom. The maximum atomic E-state index is 12.5. The number of aliphatic hydroxyl groups excluding tert-OH is 1. The molecule has 1 fully saturated rings. The molecular formula is C22H41NO5. The molecule has 0 aromatic carbocycles. The van der Waals surface area contributed by atoms with Crippen LogP contribution in [0.2, 0.25) is 0 Å². The van der Waals surface area contributed by atoms with Crippen LogP contribution in [0.3, 0.4) is 0 Å². The number of unbranched alkanes of at least 4 members (excludes halogenated alkanes) is 9. The van der Waals surface area contributed by atoms with Crippen LogP contribution in [-0.4, -0.2) is 51.5 Å². The number of aliphatic carboxylic acids is 1. The van der Waals surface area contributed by atoms with Gasteiger partial charge in [0.25, 0.3) is 0 Å². The van der Waals surface area contributed by atoms with Crippen molar-refractivity contribution in [3.8, 4) is 0 Å². The van der Waals surface area contributed by atoms with Gasteiger partial charge in [-0.15, -0.1) is 0 Å². The Kier molecular flexibility index (Phi) is 10.9. The van der Waals surface area contributed by atoms with Crippen molar-refractivity contribution in [2.75, 3.05) is 13.2 Å². The first-order chi connectivity index (χ1) is 13.2. The van der Waals surface area contributed by atoms with Crippen LogP contribution in [0.4, 0.5) is 4.79 Å². The van der Waals surface area contributed by atoms with Crippen molar-refractivity contribution in [2.24, 2.45) is 0 Å². The number of carboxylic acid groups (broad SMARTS) is 1. The van der Waals surface area contributed by atoms with E-state index < -0.39 is 23.2 Å². The van der Waals surface area contributed by atoms with Crippen molar-refractivity contribution in [3.63, 3.8) is 0 Å². The number of amides is 1. The lowest BCUT2D eigenvalue weighted by molar-refractivity contribution is -0.150. The number of ether oxygens (including phenoxy) is 1. The molecule has 0 radical (unpaired) electrons. The van der Waals surface area contributed by atoms with Gasteiger partial charge >= 0.3 is 12.1 Å². The zero-order chi connectivity index (χ0) is 21.0. The molecule has 164 valence electrons. The monoisotopic (exact) mass is 399 g/mol. The largest absolute Gasteiger partial charge is 0.479 e. The second-order valence-corrected chi connectivity index (χ2v) is 9.08. The summed E-state index contributed by atoms with van der Waals surface area (Å²) in [5.74, 6) is -0.904. The van der Waals surface area contributed by atoms with Crippen molar-refractivity contribution in [1.82, 2.24) is 4.90 Å². The molecule has 0 unspecified atom stereocenters. The Balaban J connectivity index is 2.34. The van der Waals surface area contributed by atoms with Crippen LogP contribution in [0.5, 0.6) is 0 Å². The van der Waals surface area contributed by atoms with Gasteiger partial charge < -0.3 is 14.9 Å². The molecule has 1 rings (SSSR count). The third-order valence-electron chi connectivity index (χ3n) is 5.50. The number of nitrogens with zero attached hydrogens (tertiary/aromatic N) is 1. The summed E-state index contributed by atoms with van der Waals surface area (Å²) in [5, 5.41) is 18.6. The van der Waals surface area contributed by atoms with Crippen LogP contribution >= 0.6 is 0 Å². The molecule has 2 N–H and O–H groups in total. The number of likely N-dealkylation sites (tertiary alicyclic amines) is 1. The van der Waals surface area contributed by atoms with Crippen LogP contribution in [0.1, 0.15) is 104 Å². The third kappa shape index (κ3) is 8.38. The highest BCUT2D eigenvalue weighted by Crippen LogP contribution is 2.36. The molecule has 28 heavy (non-hydrogen) atoms. The Hall–Kier alpha value is -1.30. The molecule has 6 heteroatoms. The number of carbonyl (C=O) groups excluding carboxylic acids is 1. The molecule has 1 atom stereocenters. The SMILES string of the molecule is CC(C)(C)OC(=O)N1CCC[C@@]1(CCCCCCCCCCCCO)C(=O)O. The van der Waals surface area contributed by atoms with Crippen molar-refractivity contribution < 1.29 is 24.5 Å². The fraction of sp³-hybridized carbons (Fsp3) is 0.909. The second kappa shape index (κ2) is 12.3. The Morgan fingerprint density at radius 3 is 1.89 bits per heavy atom. The molecule has 1 aliphatic heterocycles. The van der Waals surface area contributed by atoms with Crippen molar-refractivity contribution in [2.45, 2.75) is 115 Å². The Labute approximate surface area is 170 Å². The summed E-state index contributed by atoms with van der Waals surface area (Å²) in [6.45, 7) is 6.16. The van der Waals surface area contributed by atoms with E-state index in [0.29, 0.717) is 32.4 Å². The van der Waals surface area contributed by atoms with Gasteiger partial charge in [-0.2, -0.15) is 0 Å². The molecule has 6 nitrogen and oxygen atoms in total. The third-order valence-corrected chi connectivity index (χ3v) is 5.50. The highest BCUT2D eigenvalue weighted by atomic mass is 16.6. The van der Waals surface area contributed by atoms with E-state index in [0.717, 1.165) is 32.1 Å². The first kappa shape index (κ1) is 24.7. The summed E-state index contributed by atoms with van der Waals surface area (Å²) in [5.41, 5.74) is -1.73. The normalized spacial score (nSPS) is 19.8. The quantitative estimate of drug-likeness (QED) is 0.420. The number of carboxylic acids is 1. The van der Waals surface area contributed by atoms with Gasteiger partial charge in [0.05, 0.1) is 0 Å². The van der Waals surface area contributed by atoms with Gasteiger partial charge in [0, 0.05) is 13.2 Å². The van der Waals surface area contributed by atoms with Gasteiger partial charge in [-0.05, 0) is 46.5 Å². The summed E-state index contributed by atoms with van der Waals surface area (Å²) >= 11 is 0. The lowest BCUT2D eigenvalue weighted by Gasteiger charge is -2.36. The summed E-state index contributed by atoms with van der Waals surface area (Å²) in [7, 11) is 0. The van der Waals surface area contributed by atoms with E-state index in [-0.39, 0.29) is 0 Å². The minimum absolute atomic E-state index is 0.295. The molecule has 1 heterocycles. The molecule has 0 aromatic heterocycles. The maximum absolute atomic E-state index is 12.5. The van der Waals surface area contributed by atoms with Crippen LogP contribution in [0.15, 0.2) is 0 Å². The van der Waals surface area contributed by atoms with Crippen molar-refractivity contribution in [3.05, 3.63) is 0 Å². The van der Waals surface area contributed by atoms with Gasteiger partial charge in [0.2, 0.25) is 0 Å². The van der Waals surface area contributed by atoms with Gasteiger partial charge in [0.15, 0.2) is 0 Å². The van der Waals surface area contributed by atoms with Gasteiger partial charge in [-0.3, -0.25) is 4.90 Å². The molecular weight excluding hydrogens is 358 g/mol. The summed E-state index contributed by atoms with van der Waals surface area (Å²) in [6.07, 6.45) is 12.2. The zero-order valence-electron chi connectivity index (χ0n) is 18.2. The van der Waals surface area contributed by atoms with E-state index in [9.17, 15) is 14.7 Å². The summed E-state index contributed by atoms with van der Waals surface area (Å²) < 4.78 is 5.44. The second-order valence-electron chi connectivity index (χ2n) is 9.08. The molecule has 0 bridgehead atoms. The van der Waals surface area contributed by atoms with Crippen molar-refractivity contribution in [1.29, 1.82) is 0 Å². The van der Waals surface area contributed by atoms with Crippen LogP contribution in [0, 0.1) is 0 Å². The summed E-state index contributed by atoms with van der Waals surface area (Å²) in [6, 6.07) is 0. The standard InChI is InChI=1S/C22H41NO5/c1-21(2,3)28-20(27)23-17-14-16-22(23,19(25)26)15-12-10-8-6-4-5-7-9-11-13-18-24/h24H,4-18H2,1-3H3,(H,25,26)/t22-/m0/s1. The molecule has 0 aromatic rings. The highest BCUT2D eigenvalue weighted by molar-refractivity contribution is 5.85. The Bertz CT molecular complexity index is 474. The number of hydrogen-bond acceptors (Lipinski definition) is 4. The predicted octanol–water partition coefficient (Wildman–Crippen LogP) is 5.12.